The third-order valence-corrected chi connectivity index (χ3v) is 4.02. The topological polar surface area (TPSA) is 52.6 Å². The van der Waals surface area contributed by atoms with Crippen molar-refractivity contribution >= 4 is 12.4 Å². The zero-order chi connectivity index (χ0) is 16.1. The number of ether oxygens (including phenoxy) is 2. The molecule has 4 heteroatoms. The first-order valence-electron chi connectivity index (χ1n) is 8.28. The second-order valence-corrected chi connectivity index (χ2v) is 6.05. The zero-order valence-electron chi connectivity index (χ0n) is 14.2. The van der Waals surface area contributed by atoms with Crippen LogP contribution in [0, 0.1) is 5.92 Å². The van der Waals surface area contributed by atoms with Crippen LogP contribution in [0.25, 0.3) is 0 Å². The molecule has 0 bridgehead atoms. The van der Waals surface area contributed by atoms with E-state index in [2.05, 4.69) is 20.8 Å². The molecule has 0 aromatic rings. The molecule has 0 radical (unpaired) electrons. The molecule has 0 saturated carbocycles. The number of hydrogen-bond donors (Lipinski definition) is 0. The summed E-state index contributed by atoms with van der Waals surface area (Å²) in [5.74, 6) is 0.227. The summed E-state index contributed by atoms with van der Waals surface area (Å²) >= 11 is 0. The van der Waals surface area contributed by atoms with Crippen molar-refractivity contribution in [3.63, 3.8) is 0 Å². The summed E-state index contributed by atoms with van der Waals surface area (Å²) in [6.07, 6.45) is 7.72. The highest BCUT2D eigenvalue weighted by Crippen LogP contribution is 2.21. The highest BCUT2D eigenvalue weighted by Gasteiger charge is 2.36. The lowest BCUT2D eigenvalue weighted by molar-refractivity contribution is -0.174. The van der Waals surface area contributed by atoms with Crippen molar-refractivity contribution < 1.29 is 19.1 Å². The van der Waals surface area contributed by atoms with E-state index in [-0.39, 0.29) is 0 Å². The Morgan fingerprint density at radius 2 is 1.90 bits per heavy atom. The van der Waals surface area contributed by atoms with Gasteiger partial charge in [-0.1, -0.05) is 46.5 Å². The first-order chi connectivity index (χ1) is 10.00. The van der Waals surface area contributed by atoms with Crippen molar-refractivity contribution in [2.45, 2.75) is 84.7 Å². The van der Waals surface area contributed by atoms with Crippen molar-refractivity contribution in [3.05, 3.63) is 0 Å². The van der Waals surface area contributed by atoms with Gasteiger partial charge in [0.1, 0.15) is 0 Å². The Balaban J connectivity index is 4.17. The van der Waals surface area contributed by atoms with Crippen molar-refractivity contribution in [3.8, 4) is 0 Å². The zero-order valence-corrected chi connectivity index (χ0v) is 14.2. The normalized spacial score (nSPS) is 15.0. The highest BCUT2D eigenvalue weighted by atomic mass is 16.6. The predicted octanol–water partition coefficient (Wildman–Crippen LogP) is 4.26. The summed E-state index contributed by atoms with van der Waals surface area (Å²) in [6, 6.07) is 0. The molecule has 0 aliphatic carbocycles. The molecule has 2 atom stereocenters. The molecule has 0 aliphatic heterocycles. The van der Waals surface area contributed by atoms with Crippen LogP contribution in [-0.2, 0) is 19.1 Å². The second kappa shape index (κ2) is 11.6. The van der Waals surface area contributed by atoms with E-state index in [0.717, 1.165) is 44.9 Å². The summed E-state index contributed by atoms with van der Waals surface area (Å²) < 4.78 is 10.3. The first-order valence-corrected chi connectivity index (χ1v) is 8.28. The van der Waals surface area contributed by atoms with E-state index in [0.29, 0.717) is 25.4 Å². The summed E-state index contributed by atoms with van der Waals surface area (Å²) in [5.41, 5.74) is -1.13. The van der Waals surface area contributed by atoms with Gasteiger partial charge in [-0.05, 0) is 38.5 Å². The standard InChI is InChI=1S/C17H32O4/c1-5-7-8-9-12-17(4,21-14-18)16(19)20-13-10-11-15(3)6-2/h14-15H,5-13H2,1-4H3. The molecule has 0 aromatic heterocycles. The van der Waals surface area contributed by atoms with Gasteiger partial charge < -0.3 is 9.47 Å². The molecule has 0 saturated heterocycles. The smallest absolute Gasteiger partial charge is 0.350 e. The molecule has 124 valence electrons. The maximum absolute atomic E-state index is 12.1. The number of unbranched alkanes of at least 4 members (excludes halogenated alkanes) is 3. The Morgan fingerprint density at radius 3 is 2.48 bits per heavy atom. The van der Waals surface area contributed by atoms with Crippen LogP contribution >= 0.6 is 0 Å². The Kier molecular flexibility index (Phi) is 11.0. The Bertz CT molecular complexity index is 291. The molecule has 0 aliphatic rings. The fourth-order valence-electron chi connectivity index (χ4n) is 2.16. The van der Waals surface area contributed by atoms with Gasteiger partial charge in [0.25, 0.3) is 6.47 Å². The third kappa shape index (κ3) is 8.74. The molecule has 0 spiro atoms. The third-order valence-electron chi connectivity index (χ3n) is 4.02. The van der Waals surface area contributed by atoms with Crippen LogP contribution in [0.5, 0.6) is 0 Å². The lowest BCUT2D eigenvalue weighted by Crippen LogP contribution is -2.40. The van der Waals surface area contributed by atoms with E-state index >= 15 is 0 Å². The van der Waals surface area contributed by atoms with Crippen LogP contribution in [0.4, 0.5) is 0 Å². The molecule has 0 heterocycles. The molecule has 0 fully saturated rings. The Hall–Kier alpha value is -1.06. The van der Waals surface area contributed by atoms with Gasteiger partial charge in [0.05, 0.1) is 6.61 Å². The minimum atomic E-state index is -1.13. The fraction of sp³-hybridized carbons (Fsp3) is 0.882. The molecule has 21 heavy (non-hydrogen) atoms. The van der Waals surface area contributed by atoms with Crippen molar-refractivity contribution in [2.75, 3.05) is 6.61 Å². The van der Waals surface area contributed by atoms with Crippen LogP contribution in [-0.4, -0.2) is 24.6 Å². The maximum atomic E-state index is 12.1. The monoisotopic (exact) mass is 300 g/mol. The lowest BCUT2D eigenvalue weighted by Gasteiger charge is -2.25. The SMILES string of the molecule is CCCCCCC(C)(OC=O)C(=O)OCCCC(C)CC. The molecular formula is C17H32O4. The quantitative estimate of drug-likeness (QED) is 0.290. The highest BCUT2D eigenvalue weighted by molar-refractivity contribution is 5.80. The van der Waals surface area contributed by atoms with Crippen molar-refractivity contribution in [1.82, 2.24) is 0 Å². The molecule has 4 nitrogen and oxygen atoms in total. The van der Waals surface area contributed by atoms with E-state index in [9.17, 15) is 9.59 Å². The summed E-state index contributed by atoms with van der Waals surface area (Å²) in [4.78, 5) is 22.8. The average molecular weight is 300 g/mol. The van der Waals surface area contributed by atoms with Crippen LogP contribution in [0.2, 0.25) is 0 Å². The van der Waals surface area contributed by atoms with Gasteiger partial charge in [-0.2, -0.15) is 0 Å². The van der Waals surface area contributed by atoms with Gasteiger partial charge in [-0.25, -0.2) is 4.79 Å². The maximum Gasteiger partial charge on any atom is 0.350 e. The van der Waals surface area contributed by atoms with Crippen LogP contribution in [0.3, 0.4) is 0 Å². The number of hydrogen-bond acceptors (Lipinski definition) is 4. The number of carbonyl (C=O) groups is 2. The largest absolute Gasteiger partial charge is 0.463 e. The fourth-order valence-corrected chi connectivity index (χ4v) is 2.16. The van der Waals surface area contributed by atoms with Gasteiger partial charge in [-0.3, -0.25) is 4.79 Å². The minimum Gasteiger partial charge on any atom is -0.463 e. The summed E-state index contributed by atoms with van der Waals surface area (Å²) in [6.45, 7) is 8.87. The first kappa shape index (κ1) is 19.9. The number of carbonyl (C=O) groups excluding carboxylic acids is 2. The Labute approximate surface area is 129 Å². The van der Waals surface area contributed by atoms with Crippen molar-refractivity contribution in [2.24, 2.45) is 5.92 Å². The van der Waals surface area contributed by atoms with Crippen LogP contribution in [0.1, 0.15) is 79.1 Å². The molecule has 0 amide bonds. The van der Waals surface area contributed by atoms with Gasteiger partial charge in [0.15, 0.2) is 0 Å². The van der Waals surface area contributed by atoms with Crippen LogP contribution < -0.4 is 0 Å². The number of esters is 1. The summed E-state index contributed by atoms with van der Waals surface area (Å²) in [5, 5.41) is 0. The molecule has 0 aromatic carbocycles. The van der Waals surface area contributed by atoms with Gasteiger partial charge >= 0.3 is 5.97 Å². The van der Waals surface area contributed by atoms with E-state index in [1.807, 2.05) is 0 Å². The molecular weight excluding hydrogens is 268 g/mol. The lowest BCUT2D eigenvalue weighted by atomic mass is 9.97. The summed E-state index contributed by atoms with van der Waals surface area (Å²) in [7, 11) is 0. The van der Waals surface area contributed by atoms with Crippen LogP contribution in [0.15, 0.2) is 0 Å². The Morgan fingerprint density at radius 1 is 1.19 bits per heavy atom. The van der Waals surface area contributed by atoms with E-state index in [4.69, 9.17) is 9.47 Å². The van der Waals surface area contributed by atoms with E-state index in [1.54, 1.807) is 6.92 Å². The average Bonchev–Trinajstić information content (AvgIpc) is 2.47. The van der Waals surface area contributed by atoms with Gasteiger partial charge in [0.2, 0.25) is 5.60 Å². The molecule has 2 unspecified atom stereocenters. The van der Waals surface area contributed by atoms with Crippen molar-refractivity contribution in [1.29, 1.82) is 0 Å². The van der Waals surface area contributed by atoms with E-state index in [1.165, 1.54) is 0 Å². The van der Waals surface area contributed by atoms with Gasteiger partial charge in [0, 0.05) is 0 Å². The second-order valence-electron chi connectivity index (χ2n) is 6.05. The van der Waals surface area contributed by atoms with Gasteiger partial charge in [-0.15, -0.1) is 0 Å². The minimum absolute atomic E-state index is 0.347. The predicted molar refractivity (Wildman–Crippen MR) is 84.0 cm³/mol. The molecule has 0 N–H and O–H groups in total. The number of rotatable bonds is 13. The van der Waals surface area contributed by atoms with E-state index < -0.39 is 11.6 Å². The molecule has 0 rings (SSSR count).